The predicted octanol–water partition coefficient (Wildman–Crippen LogP) is 2.03. The highest BCUT2D eigenvalue weighted by Crippen LogP contribution is 2.41. The van der Waals surface area contributed by atoms with Crippen LogP contribution in [0.15, 0.2) is 29.2 Å². The Morgan fingerprint density at radius 1 is 1.45 bits per heavy atom. The maximum absolute atomic E-state index is 5.80. The number of fused-ring (bicyclic) bond motifs is 1. The first-order valence-corrected chi connectivity index (χ1v) is 4.46. The monoisotopic (exact) mass is 161 g/mol. The molecule has 1 nitrogen and oxygen atoms in total. The molecule has 0 bridgehead atoms. The van der Waals surface area contributed by atoms with E-state index in [1.807, 2.05) is 18.2 Å². The molecule has 2 radical (unpaired) electrons. The van der Waals surface area contributed by atoms with Gasteiger partial charge in [-0.3, -0.25) is 0 Å². The van der Waals surface area contributed by atoms with Crippen LogP contribution in [0.5, 0.6) is 0 Å². The van der Waals surface area contributed by atoms with Gasteiger partial charge >= 0.3 is 0 Å². The van der Waals surface area contributed by atoms with E-state index in [0.717, 1.165) is 5.69 Å². The summed E-state index contributed by atoms with van der Waals surface area (Å²) in [5.41, 5.74) is 1.14. The van der Waals surface area contributed by atoms with E-state index in [9.17, 15) is 0 Å². The summed E-state index contributed by atoms with van der Waals surface area (Å²) in [6.45, 7) is 2.10. The van der Waals surface area contributed by atoms with Gasteiger partial charge in [0, 0.05) is 10.6 Å². The Balaban J connectivity index is 2.47. The number of anilines is 1. The molecule has 1 heterocycles. The van der Waals surface area contributed by atoms with Crippen molar-refractivity contribution in [2.75, 3.05) is 4.81 Å². The van der Waals surface area contributed by atoms with Crippen LogP contribution in [0.4, 0.5) is 5.69 Å². The van der Waals surface area contributed by atoms with Crippen molar-refractivity contribution < 1.29 is 0 Å². The fourth-order valence-corrected chi connectivity index (χ4v) is 2.25. The van der Waals surface area contributed by atoms with Gasteiger partial charge in [0.2, 0.25) is 7.98 Å². The number of nitrogens with zero attached hydrogens (tertiary/aromatic N) is 1. The number of benzene rings is 1. The minimum Gasteiger partial charge on any atom is -0.413 e. The highest BCUT2D eigenvalue weighted by molar-refractivity contribution is 8.00. The van der Waals surface area contributed by atoms with Crippen molar-refractivity contribution in [3.63, 3.8) is 0 Å². The van der Waals surface area contributed by atoms with Crippen molar-refractivity contribution in [2.24, 2.45) is 0 Å². The van der Waals surface area contributed by atoms with E-state index in [1.165, 1.54) is 4.90 Å². The largest absolute Gasteiger partial charge is 0.413 e. The van der Waals surface area contributed by atoms with Crippen LogP contribution in [0.25, 0.3) is 0 Å². The minimum absolute atomic E-state index is 0.368. The van der Waals surface area contributed by atoms with Crippen LogP contribution in [-0.4, -0.2) is 13.4 Å². The molecule has 0 saturated carbocycles. The van der Waals surface area contributed by atoms with Gasteiger partial charge < -0.3 is 4.81 Å². The molecule has 11 heavy (non-hydrogen) atoms. The molecule has 0 fully saturated rings. The number of thioether (sulfide) groups is 1. The van der Waals surface area contributed by atoms with Crippen LogP contribution in [0.1, 0.15) is 6.92 Å². The van der Waals surface area contributed by atoms with E-state index < -0.39 is 0 Å². The van der Waals surface area contributed by atoms with Gasteiger partial charge in [0.15, 0.2) is 0 Å². The average Bonchev–Trinajstić information content (AvgIpc) is 2.30. The molecule has 54 valence electrons. The summed E-state index contributed by atoms with van der Waals surface area (Å²) < 4.78 is 0. The molecular formula is C8H8BNS. The van der Waals surface area contributed by atoms with E-state index >= 15 is 0 Å². The molecule has 0 unspecified atom stereocenters. The van der Waals surface area contributed by atoms with Gasteiger partial charge in [0.05, 0.1) is 5.37 Å². The molecule has 0 spiro atoms. The molecule has 0 aliphatic carbocycles. The molecule has 1 aromatic carbocycles. The first-order chi connectivity index (χ1) is 5.29. The van der Waals surface area contributed by atoms with Crippen LogP contribution in [0.3, 0.4) is 0 Å². The van der Waals surface area contributed by atoms with Gasteiger partial charge in [-0.1, -0.05) is 12.1 Å². The van der Waals surface area contributed by atoms with E-state index in [-0.39, 0.29) is 0 Å². The molecule has 0 saturated heterocycles. The summed E-state index contributed by atoms with van der Waals surface area (Å²) in [7, 11) is 5.80. The minimum atomic E-state index is 0.368. The highest BCUT2D eigenvalue weighted by atomic mass is 32.2. The maximum Gasteiger partial charge on any atom is 0.228 e. The second-order valence-electron chi connectivity index (χ2n) is 2.59. The third kappa shape index (κ3) is 1.04. The topological polar surface area (TPSA) is 3.24 Å². The van der Waals surface area contributed by atoms with Crippen LogP contribution in [0.2, 0.25) is 0 Å². The van der Waals surface area contributed by atoms with Crippen molar-refractivity contribution >= 4 is 25.4 Å². The molecule has 3 heteroatoms. The summed E-state index contributed by atoms with van der Waals surface area (Å²) >= 11 is 1.80. The summed E-state index contributed by atoms with van der Waals surface area (Å²) in [5, 5.41) is 0.368. The van der Waals surface area contributed by atoms with Crippen molar-refractivity contribution in [3.05, 3.63) is 24.3 Å². The standard InChI is InChI=1S/C8H8BNS/c1-6-10(9)7-4-2-3-5-8(7)11-6/h2-6H,1H3/t6-/m0/s1. The van der Waals surface area contributed by atoms with Gasteiger partial charge in [-0.15, -0.1) is 11.8 Å². The normalized spacial score (nSPS) is 21.9. The molecule has 0 N–H and O–H groups in total. The molecule has 0 aromatic heterocycles. The fraction of sp³-hybridized carbons (Fsp3) is 0.250. The summed E-state index contributed by atoms with van der Waals surface area (Å²) in [4.78, 5) is 3.09. The molecule has 1 aliphatic heterocycles. The lowest BCUT2D eigenvalue weighted by Crippen LogP contribution is -2.22. The van der Waals surface area contributed by atoms with Crippen molar-refractivity contribution in [3.8, 4) is 0 Å². The third-order valence-electron chi connectivity index (χ3n) is 1.83. The lowest BCUT2D eigenvalue weighted by molar-refractivity contribution is 1.04. The Bertz CT molecular complexity index is 277. The van der Waals surface area contributed by atoms with Gasteiger partial charge in [0.25, 0.3) is 0 Å². The first-order valence-electron chi connectivity index (χ1n) is 3.58. The second-order valence-corrected chi connectivity index (χ2v) is 3.95. The van der Waals surface area contributed by atoms with Gasteiger partial charge in [-0.2, -0.15) is 0 Å². The predicted molar refractivity (Wildman–Crippen MR) is 50.0 cm³/mol. The number of para-hydroxylation sites is 1. The van der Waals surface area contributed by atoms with Crippen molar-refractivity contribution in [2.45, 2.75) is 17.2 Å². The van der Waals surface area contributed by atoms with Gasteiger partial charge in [0.1, 0.15) is 0 Å². The molecule has 2 rings (SSSR count). The summed E-state index contributed by atoms with van der Waals surface area (Å²) in [6, 6.07) is 8.20. The zero-order valence-corrected chi connectivity index (χ0v) is 7.14. The van der Waals surface area contributed by atoms with E-state index in [2.05, 4.69) is 13.0 Å². The lowest BCUT2D eigenvalue weighted by atomic mass is 10.2. The molecule has 1 atom stereocenters. The first kappa shape index (κ1) is 7.10. The lowest BCUT2D eigenvalue weighted by Gasteiger charge is -2.17. The average molecular weight is 161 g/mol. The molecule has 1 aliphatic rings. The summed E-state index contributed by atoms with van der Waals surface area (Å²) in [6.07, 6.45) is 0. The van der Waals surface area contributed by atoms with Crippen molar-refractivity contribution in [1.82, 2.24) is 0 Å². The Morgan fingerprint density at radius 3 is 2.91 bits per heavy atom. The van der Waals surface area contributed by atoms with E-state index in [1.54, 1.807) is 16.6 Å². The van der Waals surface area contributed by atoms with Crippen LogP contribution >= 0.6 is 11.8 Å². The van der Waals surface area contributed by atoms with E-state index in [4.69, 9.17) is 7.98 Å². The number of hydrogen-bond acceptors (Lipinski definition) is 2. The summed E-state index contributed by atoms with van der Waals surface area (Å²) in [5.74, 6) is 0. The third-order valence-corrected chi connectivity index (χ3v) is 3.00. The van der Waals surface area contributed by atoms with Crippen LogP contribution in [0, 0.1) is 0 Å². The van der Waals surface area contributed by atoms with Crippen LogP contribution < -0.4 is 4.81 Å². The zero-order chi connectivity index (χ0) is 7.84. The van der Waals surface area contributed by atoms with Crippen LogP contribution in [-0.2, 0) is 0 Å². The Labute approximate surface area is 72.2 Å². The number of rotatable bonds is 0. The SMILES string of the molecule is [B]N1c2ccccc2S[C@H]1C. The van der Waals surface area contributed by atoms with E-state index in [0.29, 0.717) is 5.37 Å². The molecule has 0 amide bonds. The van der Waals surface area contributed by atoms with Gasteiger partial charge in [-0.25, -0.2) is 0 Å². The zero-order valence-electron chi connectivity index (χ0n) is 6.32. The smallest absolute Gasteiger partial charge is 0.228 e. The molecule has 1 aromatic rings. The van der Waals surface area contributed by atoms with Gasteiger partial charge in [-0.05, 0) is 19.1 Å². The Kier molecular flexibility index (Phi) is 1.60. The highest BCUT2D eigenvalue weighted by Gasteiger charge is 2.21. The second kappa shape index (κ2) is 2.49. The molecular weight excluding hydrogens is 153 g/mol. The quantitative estimate of drug-likeness (QED) is 0.535. The van der Waals surface area contributed by atoms with Crippen molar-refractivity contribution in [1.29, 1.82) is 0 Å². The number of hydrogen-bond donors (Lipinski definition) is 0. The Morgan fingerprint density at radius 2 is 2.18 bits per heavy atom. The fourth-order valence-electron chi connectivity index (χ4n) is 1.21. The maximum atomic E-state index is 5.80. The Hall–Kier alpha value is -0.565.